The molecular formula is C14H28N2O5S4. The standard InChI is InChI=1S/C14H28N2O5S4/c1-2-22-12-21-20-11-15-3-7-24-13-25-8-4-16-14(18)19-6-10-23-9-5-17/h11,17H,2-10,12-13H2,1H3,(H,16,18). The first kappa shape index (κ1) is 25.1. The van der Waals surface area contributed by atoms with Gasteiger partial charge in [0.05, 0.1) is 13.2 Å². The number of aliphatic imine (C=N–C) groups is 1. The summed E-state index contributed by atoms with van der Waals surface area (Å²) in [6, 6.07) is 0. The first-order chi connectivity index (χ1) is 12.3. The van der Waals surface area contributed by atoms with Gasteiger partial charge in [-0.25, -0.2) is 4.79 Å². The number of aliphatic hydroxyl groups excluding tert-OH is 1. The second kappa shape index (κ2) is 22.1. The van der Waals surface area contributed by atoms with Crippen LogP contribution in [0.3, 0.4) is 0 Å². The molecule has 0 saturated carbocycles. The Morgan fingerprint density at radius 3 is 2.80 bits per heavy atom. The fraction of sp³-hybridized carbons (Fsp3) is 0.857. The average molecular weight is 433 g/mol. The minimum absolute atomic E-state index is 0.152. The lowest BCUT2D eigenvalue weighted by atomic mass is 10.7. The zero-order chi connectivity index (χ0) is 18.4. The fourth-order valence-electron chi connectivity index (χ4n) is 1.19. The summed E-state index contributed by atoms with van der Waals surface area (Å²) < 4.78 is 5.00. The Hall–Kier alpha value is 0.0600. The molecular weight excluding hydrogens is 404 g/mol. The molecule has 1 amide bonds. The van der Waals surface area contributed by atoms with Crippen LogP contribution in [0.4, 0.5) is 4.79 Å². The highest BCUT2D eigenvalue weighted by molar-refractivity contribution is 8.16. The van der Waals surface area contributed by atoms with Crippen molar-refractivity contribution in [1.82, 2.24) is 5.32 Å². The second-order valence-corrected chi connectivity index (χ2v) is 9.19. The van der Waals surface area contributed by atoms with Crippen molar-refractivity contribution in [3.05, 3.63) is 0 Å². The van der Waals surface area contributed by atoms with E-state index in [2.05, 4.69) is 17.2 Å². The van der Waals surface area contributed by atoms with Crippen LogP contribution in [-0.2, 0) is 14.5 Å². The monoisotopic (exact) mass is 432 g/mol. The number of alkyl carbamates (subject to hydrolysis) is 1. The molecule has 2 N–H and O–H groups in total. The van der Waals surface area contributed by atoms with Gasteiger partial charge in [0, 0.05) is 34.6 Å². The van der Waals surface area contributed by atoms with Crippen LogP contribution < -0.4 is 5.32 Å². The van der Waals surface area contributed by atoms with Crippen molar-refractivity contribution in [2.45, 2.75) is 6.92 Å². The topological polar surface area (TPSA) is 89.4 Å². The summed E-state index contributed by atoms with van der Waals surface area (Å²) in [5.41, 5.74) is 0. The number of hydrogen-bond donors (Lipinski definition) is 2. The first-order valence-corrected chi connectivity index (χ1v) is 12.5. The van der Waals surface area contributed by atoms with Crippen molar-refractivity contribution in [2.24, 2.45) is 4.99 Å². The molecule has 25 heavy (non-hydrogen) atoms. The molecule has 0 rings (SSSR count). The number of amides is 1. The molecule has 0 aromatic heterocycles. The zero-order valence-electron chi connectivity index (χ0n) is 14.5. The van der Waals surface area contributed by atoms with Crippen LogP contribution in [-0.4, -0.2) is 83.7 Å². The molecule has 0 aliphatic heterocycles. The van der Waals surface area contributed by atoms with E-state index in [1.54, 1.807) is 47.0 Å². The molecule has 0 spiro atoms. The first-order valence-electron chi connectivity index (χ1n) is 7.90. The Balaban J connectivity index is 3.17. The number of hydrogen-bond acceptors (Lipinski definition) is 10. The summed E-state index contributed by atoms with van der Waals surface area (Å²) >= 11 is 6.74. The maximum absolute atomic E-state index is 11.3. The van der Waals surface area contributed by atoms with Gasteiger partial charge in [-0.1, -0.05) is 6.92 Å². The van der Waals surface area contributed by atoms with Gasteiger partial charge in [0.2, 0.25) is 6.40 Å². The lowest BCUT2D eigenvalue weighted by molar-refractivity contribution is -0.196. The number of nitrogens with one attached hydrogen (secondary N) is 1. The number of aliphatic hydroxyl groups is 1. The zero-order valence-corrected chi connectivity index (χ0v) is 17.8. The number of rotatable bonds is 18. The van der Waals surface area contributed by atoms with Crippen LogP contribution in [0.2, 0.25) is 0 Å². The maximum atomic E-state index is 11.3. The quantitative estimate of drug-likeness (QED) is 0.0847. The van der Waals surface area contributed by atoms with Gasteiger partial charge >= 0.3 is 6.09 Å². The molecule has 0 aromatic rings. The molecule has 0 fully saturated rings. The van der Waals surface area contributed by atoms with Gasteiger partial charge in [0.25, 0.3) is 0 Å². The summed E-state index contributed by atoms with van der Waals surface area (Å²) in [6.45, 7) is 3.85. The summed E-state index contributed by atoms with van der Waals surface area (Å²) in [5, 5.41) is 12.3. The van der Waals surface area contributed by atoms with E-state index in [0.29, 0.717) is 37.1 Å². The van der Waals surface area contributed by atoms with Gasteiger partial charge in [0.15, 0.2) is 0 Å². The van der Waals surface area contributed by atoms with E-state index < -0.39 is 0 Å². The molecule has 0 aliphatic carbocycles. The number of carbonyl (C=O) groups excluding carboxylic acids is 1. The van der Waals surface area contributed by atoms with Crippen LogP contribution in [0.1, 0.15) is 6.92 Å². The van der Waals surface area contributed by atoms with Crippen LogP contribution >= 0.6 is 47.0 Å². The highest BCUT2D eigenvalue weighted by atomic mass is 32.2. The molecule has 0 atom stereocenters. The second-order valence-electron chi connectivity index (χ2n) is 4.17. The molecule has 0 aromatic carbocycles. The molecule has 0 unspecified atom stereocenters. The summed E-state index contributed by atoms with van der Waals surface area (Å²) in [5.74, 6) is 4.64. The normalized spacial score (nSPS) is 11.0. The van der Waals surface area contributed by atoms with Crippen LogP contribution in [0, 0.1) is 0 Å². The third kappa shape index (κ3) is 22.0. The van der Waals surface area contributed by atoms with E-state index >= 15 is 0 Å². The van der Waals surface area contributed by atoms with Crippen molar-refractivity contribution >= 4 is 59.5 Å². The van der Waals surface area contributed by atoms with Gasteiger partial charge in [-0.3, -0.25) is 4.99 Å². The molecule has 0 aliphatic rings. The number of nitrogens with zero attached hydrogens (tertiary/aromatic N) is 1. The molecule has 148 valence electrons. The van der Waals surface area contributed by atoms with Crippen LogP contribution in [0.25, 0.3) is 0 Å². The molecule has 0 heterocycles. The fourth-order valence-corrected chi connectivity index (χ4v) is 3.91. The van der Waals surface area contributed by atoms with Gasteiger partial charge < -0.3 is 20.0 Å². The minimum atomic E-state index is -0.383. The average Bonchev–Trinajstić information content (AvgIpc) is 2.62. The Morgan fingerprint density at radius 2 is 2.00 bits per heavy atom. The summed E-state index contributed by atoms with van der Waals surface area (Å²) in [4.78, 5) is 25.0. The van der Waals surface area contributed by atoms with E-state index in [1.165, 1.54) is 6.40 Å². The van der Waals surface area contributed by atoms with Gasteiger partial charge in [0.1, 0.15) is 12.5 Å². The third-order valence-corrected chi connectivity index (χ3v) is 6.16. The minimum Gasteiger partial charge on any atom is -0.449 e. The predicted octanol–water partition coefficient (Wildman–Crippen LogP) is 2.55. The molecule has 0 radical (unpaired) electrons. The lowest BCUT2D eigenvalue weighted by Gasteiger charge is -2.06. The highest BCUT2D eigenvalue weighted by Gasteiger charge is 2.00. The number of carbonyl (C=O) groups is 1. The molecule has 0 bridgehead atoms. The van der Waals surface area contributed by atoms with Crippen molar-refractivity contribution in [3.8, 4) is 0 Å². The molecule has 11 heteroatoms. The smallest absolute Gasteiger partial charge is 0.407 e. The van der Waals surface area contributed by atoms with Crippen molar-refractivity contribution < 1.29 is 24.4 Å². The maximum Gasteiger partial charge on any atom is 0.407 e. The summed E-state index contributed by atoms with van der Waals surface area (Å²) in [7, 11) is 0. The highest BCUT2D eigenvalue weighted by Crippen LogP contribution is 2.10. The van der Waals surface area contributed by atoms with E-state index in [4.69, 9.17) is 19.6 Å². The van der Waals surface area contributed by atoms with E-state index in [9.17, 15) is 4.79 Å². The Bertz CT molecular complexity index is 328. The number of ether oxygens (including phenoxy) is 1. The van der Waals surface area contributed by atoms with E-state index in [0.717, 1.165) is 22.3 Å². The van der Waals surface area contributed by atoms with Gasteiger partial charge in [-0.05, 0) is 5.75 Å². The third-order valence-electron chi connectivity index (χ3n) is 2.26. The van der Waals surface area contributed by atoms with Gasteiger partial charge in [-0.2, -0.15) is 16.6 Å². The Morgan fingerprint density at radius 1 is 1.16 bits per heavy atom. The lowest BCUT2D eigenvalue weighted by Crippen LogP contribution is -2.27. The van der Waals surface area contributed by atoms with E-state index in [-0.39, 0.29) is 12.7 Å². The largest absolute Gasteiger partial charge is 0.449 e. The van der Waals surface area contributed by atoms with Crippen LogP contribution in [0.5, 0.6) is 0 Å². The van der Waals surface area contributed by atoms with Crippen molar-refractivity contribution in [1.29, 1.82) is 0 Å². The van der Waals surface area contributed by atoms with Gasteiger partial charge in [-0.15, -0.1) is 35.3 Å². The molecule has 0 saturated heterocycles. The SMILES string of the molecule is CCSCOOC=NCCSCSCCNC(=O)OCCSCCO. The van der Waals surface area contributed by atoms with Crippen LogP contribution in [0.15, 0.2) is 4.99 Å². The summed E-state index contributed by atoms with van der Waals surface area (Å²) in [6.07, 6.45) is 0.952. The predicted molar refractivity (Wildman–Crippen MR) is 112 cm³/mol. The number of thioether (sulfide) groups is 4. The Labute approximate surface area is 167 Å². The van der Waals surface area contributed by atoms with Crippen molar-refractivity contribution in [2.75, 3.05) is 66.1 Å². The molecule has 7 nitrogen and oxygen atoms in total. The Kier molecular flexibility index (Phi) is 22.2. The van der Waals surface area contributed by atoms with Crippen molar-refractivity contribution in [3.63, 3.8) is 0 Å². The van der Waals surface area contributed by atoms with E-state index in [1.807, 2.05) is 0 Å².